The molecule has 1 atom stereocenters. The highest BCUT2D eigenvalue weighted by Crippen LogP contribution is 2.52. The molecule has 2 aliphatic rings. The third-order valence-corrected chi connectivity index (χ3v) is 3.84. The van der Waals surface area contributed by atoms with Crippen molar-refractivity contribution in [1.29, 1.82) is 0 Å². The van der Waals surface area contributed by atoms with Gasteiger partial charge < -0.3 is 4.90 Å². The molecule has 3 heteroatoms. The van der Waals surface area contributed by atoms with Gasteiger partial charge in [-0.05, 0) is 11.8 Å². The minimum Gasteiger partial charge on any atom is -0.332 e. The second-order valence-electron chi connectivity index (χ2n) is 4.38. The van der Waals surface area contributed by atoms with Crippen LogP contribution in [0.5, 0.6) is 0 Å². The van der Waals surface area contributed by atoms with Crippen molar-refractivity contribution in [3.63, 3.8) is 0 Å². The van der Waals surface area contributed by atoms with Crippen molar-refractivity contribution in [2.75, 3.05) is 18.2 Å². The highest BCUT2D eigenvalue weighted by atomic mass is 32.2. The lowest BCUT2D eigenvalue weighted by molar-refractivity contribution is -0.131. The second kappa shape index (κ2) is 2.66. The van der Waals surface area contributed by atoms with Crippen LogP contribution in [0.3, 0.4) is 0 Å². The van der Waals surface area contributed by atoms with E-state index in [0.29, 0.717) is 17.2 Å². The minimum absolute atomic E-state index is 0.296. The van der Waals surface area contributed by atoms with E-state index in [-0.39, 0.29) is 0 Å². The molecule has 1 heterocycles. The average molecular weight is 185 g/mol. The predicted molar refractivity (Wildman–Crippen MR) is 50.9 cm³/mol. The third kappa shape index (κ3) is 1.35. The standard InChI is InChI=1S/C9H15NOS/c1-9(2)5-7(9)8(11)10-3-4-12-6-10/h7H,3-6H2,1-2H3. The number of nitrogens with zero attached hydrogens (tertiary/aromatic N) is 1. The molecule has 0 aromatic carbocycles. The van der Waals surface area contributed by atoms with Crippen LogP contribution >= 0.6 is 11.8 Å². The van der Waals surface area contributed by atoms with Crippen molar-refractivity contribution in [2.45, 2.75) is 20.3 Å². The Morgan fingerprint density at radius 2 is 2.25 bits per heavy atom. The van der Waals surface area contributed by atoms with E-state index in [9.17, 15) is 4.79 Å². The lowest BCUT2D eigenvalue weighted by Gasteiger charge is -2.14. The van der Waals surface area contributed by atoms with Gasteiger partial charge in [-0.25, -0.2) is 0 Å². The summed E-state index contributed by atoms with van der Waals surface area (Å²) in [6.45, 7) is 5.33. The maximum Gasteiger partial charge on any atom is 0.226 e. The number of carbonyl (C=O) groups excluding carboxylic acids is 1. The van der Waals surface area contributed by atoms with Crippen LogP contribution in [0, 0.1) is 11.3 Å². The molecular weight excluding hydrogens is 170 g/mol. The van der Waals surface area contributed by atoms with Crippen molar-refractivity contribution >= 4 is 17.7 Å². The van der Waals surface area contributed by atoms with Crippen molar-refractivity contribution in [2.24, 2.45) is 11.3 Å². The van der Waals surface area contributed by atoms with Gasteiger partial charge in [-0.15, -0.1) is 11.8 Å². The molecule has 0 N–H and O–H groups in total. The quantitative estimate of drug-likeness (QED) is 0.618. The maximum atomic E-state index is 11.7. The first-order valence-electron chi connectivity index (χ1n) is 4.48. The summed E-state index contributed by atoms with van der Waals surface area (Å²) < 4.78 is 0. The van der Waals surface area contributed by atoms with Crippen LogP contribution in [0.2, 0.25) is 0 Å². The summed E-state index contributed by atoms with van der Waals surface area (Å²) >= 11 is 1.86. The first kappa shape index (κ1) is 8.42. The van der Waals surface area contributed by atoms with Gasteiger partial charge in [0, 0.05) is 18.2 Å². The summed E-state index contributed by atoms with van der Waals surface area (Å²) in [4.78, 5) is 13.7. The lowest BCUT2D eigenvalue weighted by atomic mass is 10.1. The fourth-order valence-electron chi connectivity index (χ4n) is 1.70. The fraction of sp³-hybridized carbons (Fsp3) is 0.889. The summed E-state index contributed by atoms with van der Waals surface area (Å²) in [5, 5.41) is 0. The topological polar surface area (TPSA) is 20.3 Å². The molecule has 2 fully saturated rings. The molecule has 0 aromatic rings. The van der Waals surface area contributed by atoms with Gasteiger partial charge in [-0.1, -0.05) is 13.8 Å². The van der Waals surface area contributed by atoms with E-state index in [0.717, 1.165) is 24.6 Å². The number of carbonyl (C=O) groups is 1. The normalized spacial score (nSPS) is 32.2. The van der Waals surface area contributed by atoms with E-state index < -0.39 is 0 Å². The van der Waals surface area contributed by atoms with E-state index in [2.05, 4.69) is 13.8 Å². The van der Waals surface area contributed by atoms with Crippen LogP contribution in [0.1, 0.15) is 20.3 Å². The molecule has 0 radical (unpaired) electrons. The van der Waals surface area contributed by atoms with Crippen molar-refractivity contribution in [3.05, 3.63) is 0 Å². The van der Waals surface area contributed by atoms with Crippen LogP contribution in [0.4, 0.5) is 0 Å². The molecule has 0 spiro atoms. The van der Waals surface area contributed by atoms with Gasteiger partial charge >= 0.3 is 0 Å². The molecule has 12 heavy (non-hydrogen) atoms. The van der Waals surface area contributed by atoms with Crippen LogP contribution in [0.15, 0.2) is 0 Å². The molecule has 2 rings (SSSR count). The number of hydrogen-bond acceptors (Lipinski definition) is 2. The van der Waals surface area contributed by atoms with E-state index in [1.165, 1.54) is 0 Å². The highest BCUT2D eigenvalue weighted by molar-refractivity contribution is 7.99. The van der Waals surface area contributed by atoms with Crippen LogP contribution < -0.4 is 0 Å². The molecule has 1 saturated heterocycles. The summed E-state index contributed by atoms with van der Waals surface area (Å²) in [5.74, 6) is 2.77. The lowest BCUT2D eigenvalue weighted by Crippen LogP contribution is -2.30. The van der Waals surface area contributed by atoms with Gasteiger partial charge in [0.05, 0.1) is 5.88 Å². The smallest absolute Gasteiger partial charge is 0.226 e. The maximum absolute atomic E-state index is 11.7. The van der Waals surface area contributed by atoms with Gasteiger partial charge in [-0.3, -0.25) is 4.79 Å². The van der Waals surface area contributed by atoms with Crippen molar-refractivity contribution < 1.29 is 4.79 Å². The van der Waals surface area contributed by atoms with Gasteiger partial charge in [0.25, 0.3) is 0 Å². The van der Waals surface area contributed by atoms with Crippen LogP contribution in [0.25, 0.3) is 0 Å². The molecule has 1 saturated carbocycles. The largest absolute Gasteiger partial charge is 0.332 e. The second-order valence-corrected chi connectivity index (χ2v) is 5.46. The average Bonchev–Trinajstić information content (AvgIpc) is 2.56. The minimum atomic E-state index is 0.296. The molecule has 2 nitrogen and oxygen atoms in total. The van der Waals surface area contributed by atoms with E-state index >= 15 is 0 Å². The fourth-order valence-corrected chi connectivity index (χ4v) is 2.65. The first-order valence-corrected chi connectivity index (χ1v) is 5.63. The molecule has 0 aromatic heterocycles. The van der Waals surface area contributed by atoms with E-state index in [4.69, 9.17) is 0 Å². The monoisotopic (exact) mass is 185 g/mol. The zero-order valence-corrected chi connectivity index (χ0v) is 8.49. The Kier molecular flexibility index (Phi) is 1.86. The zero-order valence-electron chi connectivity index (χ0n) is 7.67. The van der Waals surface area contributed by atoms with Crippen LogP contribution in [-0.4, -0.2) is 29.0 Å². The Labute approximate surface area is 77.7 Å². The number of amides is 1. The Morgan fingerprint density at radius 3 is 2.67 bits per heavy atom. The first-order chi connectivity index (χ1) is 5.61. The molecule has 68 valence electrons. The number of rotatable bonds is 1. The Balaban J connectivity index is 1.93. The Bertz CT molecular complexity index is 202. The zero-order chi connectivity index (χ0) is 8.77. The highest BCUT2D eigenvalue weighted by Gasteiger charge is 2.52. The van der Waals surface area contributed by atoms with Crippen molar-refractivity contribution in [3.8, 4) is 0 Å². The molecule has 1 amide bonds. The summed E-state index contributed by atoms with van der Waals surface area (Å²) in [6, 6.07) is 0. The van der Waals surface area contributed by atoms with Gasteiger partial charge in [0.2, 0.25) is 5.91 Å². The van der Waals surface area contributed by atoms with Crippen LogP contribution in [-0.2, 0) is 4.79 Å². The molecular formula is C9H15NOS. The molecule has 1 aliphatic carbocycles. The van der Waals surface area contributed by atoms with Crippen molar-refractivity contribution in [1.82, 2.24) is 4.90 Å². The third-order valence-electron chi connectivity index (χ3n) is 2.88. The summed E-state index contributed by atoms with van der Waals surface area (Å²) in [7, 11) is 0. The number of thioether (sulfide) groups is 1. The Hall–Kier alpha value is -0.180. The molecule has 1 unspecified atom stereocenters. The summed E-state index contributed by atoms with van der Waals surface area (Å²) in [5.41, 5.74) is 0.296. The molecule has 1 aliphatic heterocycles. The summed E-state index contributed by atoms with van der Waals surface area (Å²) in [6.07, 6.45) is 1.09. The SMILES string of the molecule is CC1(C)CC1C(=O)N1CCSC1. The van der Waals surface area contributed by atoms with Gasteiger partial charge in [0.15, 0.2) is 0 Å². The van der Waals surface area contributed by atoms with E-state index in [1.807, 2.05) is 16.7 Å². The van der Waals surface area contributed by atoms with Gasteiger partial charge in [-0.2, -0.15) is 0 Å². The number of hydrogen-bond donors (Lipinski definition) is 0. The Morgan fingerprint density at radius 1 is 1.58 bits per heavy atom. The van der Waals surface area contributed by atoms with Gasteiger partial charge in [0.1, 0.15) is 0 Å². The molecule has 0 bridgehead atoms. The van der Waals surface area contributed by atoms with E-state index in [1.54, 1.807) is 0 Å². The predicted octanol–water partition coefficient (Wildman–Crippen LogP) is 1.57.